The third-order valence-electron chi connectivity index (χ3n) is 4.02. The number of amides is 1. The molecular formula is C17H26N2O2. The smallest absolute Gasteiger partial charge is 0.257 e. The van der Waals surface area contributed by atoms with Gasteiger partial charge in [0.1, 0.15) is 5.75 Å². The quantitative estimate of drug-likeness (QED) is 0.876. The van der Waals surface area contributed by atoms with Gasteiger partial charge in [0.05, 0.1) is 12.2 Å². The molecule has 2 rings (SSSR count). The first-order chi connectivity index (χ1) is 10.2. The minimum atomic E-state index is 0.0377. The highest BCUT2D eigenvalue weighted by Crippen LogP contribution is 2.25. The molecule has 0 aliphatic carbocycles. The van der Waals surface area contributed by atoms with Gasteiger partial charge in [-0.25, -0.2) is 0 Å². The number of hydrogen-bond acceptors (Lipinski definition) is 3. The Morgan fingerprint density at radius 2 is 2.05 bits per heavy atom. The third kappa shape index (κ3) is 3.76. The van der Waals surface area contributed by atoms with Crippen molar-refractivity contribution in [3.05, 3.63) is 29.8 Å². The molecule has 1 amide bonds. The lowest BCUT2D eigenvalue weighted by Crippen LogP contribution is -2.32. The molecule has 1 heterocycles. The van der Waals surface area contributed by atoms with Crippen molar-refractivity contribution >= 4 is 5.91 Å². The van der Waals surface area contributed by atoms with Crippen molar-refractivity contribution in [2.75, 3.05) is 19.7 Å². The maximum Gasteiger partial charge on any atom is 0.257 e. The molecule has 1 aromatic rings. The number of nitrogens with two attached hydrogens (primary N) is 1. The predicted molar refractivity (Wildman–Crippen MR) is 84.5 cm³/mol. The fraction of sp³-hybridized carbons (Fsp3) is 0.588. The largest absolute Gasteiger partial charge is 0.493 e. The Labute approximate surface area is 127 Å². The van der Waals surface area contributed by atoms with Crippen LogP contribution in [0.5, 0.6) is 5.75 Å². The molecule has 0 saturated carbocycles. The van der Waals surface area contributed by atoms with Crippen molar-refractivity contribution < 1.29 is 9.53 Å². The zero-order valence-electron chi connectivity index (χ0n) is 13.0. The molecule has 2 N–H and O–H groups in total. The van der Waals surface area contributed by atoms with Crippen molar-refractivity contribution in [2.45, 2.75) is 39.2 Å². The van der Waals surface area contributed by atoms with Crippen molar-refractivity contribution in [3.63, 3.8) is 0 Å². The SMILES string of the molecule is CCCOc1ccccc1C(=O)N1C[C@H](CCC)[C@@H](N)C1. The Morgan fingerprint density at radius 1 is 1.29 bits per heavy atom. The van der Waals surface area contributed by atoms with Crippen LogP contribution >= 0.6 is 0 Å². The van der Waals surface area contributed by atoms with Crippen LogP contribution in [0.15, 0.2) is 24.3 Å². The minimum Gasteiger partial charge on any atom is -0.493 e. The summed E-state index contributed by atoms with van der Waals surface area (Å²) >= 11 is 0. The zero-order valence-corrected chi connectivity index (χ0v) is 13.0. The van der Waals surface area contributed by atoms with Gasteiger partial charge in [0, 0.05) is 19.1 Å². The number of carbonyl (C=O) groups is 1. The van der Waals surface area contributed by atoms with Gasteiger partial charge in [0.25, 0.3) is 5.91 Å². The molecule has 116 valence electrons. The number of nitrogens with zero attached hydrogens (tertiary/aromatic N) is 1. The Bertz CT molecular complexity index is 476. The van der Waals surface area contributed by atoms with Crippen LogP contribution in [0.25, 0.3) is 0 Å². The second-order valence-corrected chi connectivity index (χ2v) is 5.77. The second kappa shape index (κ2) is 7.46. The van der Waals surface area contributed by atoms with Crippen molar-refractivity contribution in [1.82, 2.24) is 4.90 Å². The molecule has 0 spiro atoms. The third-order valence-corrected chi connectivity index (χ3v) is 4.02. The summed E-state index contributed by atoms with van der Waals surface area (Å²) in [6.45, 7) is 6.24. The van der Waals surface area contributed by atoms with E-state index in [1.165, 1.54) is 0 Å². The number of para-hydroxylation sites is 1. The lowest BCUT2D eigenvalue weighted by molar-refractivity contribution is 0.0781. The number of likely N-dealkylation sites (tertiary alicyclic amines) is 1. The van der Waals surface area contributed by atoms with Crippen LogP contribution in [0.1, 0.15) is 43.5 Å². The molecule has 4 heteroatoms. The maximum atomic E-state index is 12.7. The van der Waals surface area contributed by atoms with Crippen LogP contribution in [0, 0.1) is 5.92 Å². The lowest BCUT2D eigenvalue weighted by Gasteiger charge is -2.18. The highest BCUT2D eigenvalue weighted by Gasteiger charge is 2.33. The van der Waals surface area contributed by atoms with E-state index in [1.54, 1.807) is 0 Å². The zero-order chi connectivity index (χ0) is 15.2. The van der Waals surface area contributed by atoms with E-state index in [4.69, 9.17) is 10.5 Å². The highest BCUT2D eigenvalue weighted by atomic mass is 16.5. The summed E-state index contributed by atoms with van der Waals surface area (Å²) in [7, 11) is 0. The van der Waals surface area contributed by atoms with Gasteiger partial charge in [-0.3, -0.25) is 4.79 Å². The van der Waals surface area contributed by atoms with E-state index in [0.717, 1.165) is 25.8 Å². The lowest BCUT2D eigenvalue weighted by atomic mass is 9.99. The molecule has 0 radical (unpaired) electrons. The summed E-state index contributed by atoms with van der Waals surface area (Å²) in [5.74, 6) is 1.13. The van der Waals surface area contributed by atoms with E-state index < -0.39 is 0 Å². The Kier molecular flexibility index (Phi) is 5.62. The molecule has 4 nitrogen and oxygen atoms in total. The first-order valence-electron chi connectivity index (χ1n) is 7.94. The van der Waals surface area contributed by atoms with E-state index in [1.807, 2.05) is 29.2 Å². The highest BCUT2D eigenvalue weighted by molar-refractivity contribution is 5.97. The Morgan fingerprint density at radius 3 is 2.76 bits per heavy atom. The number of benzene rings is 1. The van der Waals surface area contributed by atoms with Gasteiger partial charge in [-0.05, 0) is 30.9 Å². The topological polar surface area (TPSA) is 55.6 Å². The summed E-state index contributed by atoms with van der Waals surface area (Å²) in [5, 5.41) is 0. The van der Waals surface area contributed by atoms with Crippen LogP contribution in [0.4, 0.5) is 0 Å². The van der Waals surface area contributed by atoms with Crippen LogP contribution in [-0.2, 0) is 0 Å². The summed E-state index contributed by atoms with van der Waals surface area (Å²) in [6, 6.07) is 7.58. The Hall–Kier alpha value is -1.55. The summed E-state index contributed by atoms with van der Waals surface area (Å²) in [4.78, 5) is 14.6. The standard InChI is InChI=1S/C17H26N2O2/c1-3-7-13-11-19(12-15(13)18)17(20)14-8-5-6-9-16(14)21-10-4-2/h5-6,8-9,13,15H,3-4,7,10-12,18H2,1-2H3/t13-,15-/m0/s1. The number of hydrogen-bond donors (Lipinski definition) is 1. The normalized spacial score (nSPS) is 21.6. The van der Waals surface area contributed by atoms with E-state index in [-0.39, 0.29) is 11.9 Å². The number of ether oxygens (including phenoxy) is 1. The van der Waals surface area contributed by atoms with Crippen LogP contribution in [-0.4, -0.2) is 36.5 Å². The molecule has 1 aliphatic heterocycles. The van der Waals surface area contributed by atoms with E-state index >= 15 is 0 Å². The number of carbonyl (C=O) groups excluding carboxylic acids is 1. The van der Waals surface area contributed by atoms with Crippen molar-refractivity contribution in [3.8, 4) is 5.75 Å². The van der Waals surface area contributed by atoms with E-state index in [9.17, 15) is 4.79 Å². The molecule has 1 saturated heterocycles. The van der Waals surface area contributed by atoms with Crippen LogP contribution in [0.2, 0.25) is 0 Å². The molecule has 0 unspecified atom stereocenters. The van der Waals surface area contributed by atoms with Gasteiger partial charge in [-0.2, -0.15) is 0 Å². The van der Waals surface area contributed by atoms with Gasteiger partial charge in [-0.1, -0.05) is 32.4 Å². The summed E-state index contributed by atoms with van der Waals surface area (Å²) < 4.78 is 5.69. The average molecular weight is 290 g/mol. The fourth-order valence-corrected chi connectivity index (χ4v) is 2.89. The molecule has 2 atom stereocenters. The summed E-state index contributed by atoms with van der Waals surface area (Å²) in [6.07, 6.45) is 3.12. The number of rotatable bonds is 6. The van der Waals surface area contributed by atoms with Gasteiger partial charge >= 0.3 is 0 Å². The first-order valence-corrected chi connectivity index (χ1v) is 7.94. The van der Waals surface area contributed by atoms with Crippen molar-refractivity contribution in [2.24, 2.45) is 11.7 Å². The molecule has 0 bridgehead atoms. The summed E-state index contributed by atoms with van der Waals surface area (Å²) in [5.41, 5.74) is 6.81. The monoisotopic (exact) mass is 290 g/mol. The van der Waals surface area contributed by atoms with Gasteiger partial charge in [0.15, 0.2) is 0 Å². The maximum absolute atomic E-state index is 12.7. The molecular weight excluding hydrogens is 264 g/mol. The van der Waals surface area contributed by atoms with Crippen LogP contribution < -0.4 is 10.5 Å². The van der Waals surface area contributed by atoms with E-state index in [0.29, 0.717) is 30.4 Å². The molecule has 1 aliphatic rings. The fourth-order valence-electron chi connectivity index (χ4n) is 2.89. The van der Waals surface area contributed by atoms with Crippen LogP contribution in [0.3, 0.4) is 0 Å². The van der Waals surface area contributed by atoms with Gasteiger partial charge in [-0.15, -0.1) is 0 Å². The minimum absolute atomic E-state index is 0.0377. The van der Waals surface area contributed by atoms with E-state index in [2.05, 4.69) is 13.8 Å². The van der Waals surface area contributed by atoms with Crippen molar-refractivity contribution in [1.29, 1.82) is 0 Å². The second-order valence-electron chi connectivity index (χ2n) is 5.77. The predicted octanol–water partition coefficient (Wildman–Crippen LogP) is 2.67. The van der Waals surface area contributed by atoms with Gasteiger partial charge in [0.2, 0.25) is 0 Å². The molecule has 21 heavy (non-hydrogen) atoms. The average Bonchev–Trinajstić information content (AvgIpc) is 2.86. The Balaban J connectivity index is 2.10. The molecule has 0 aromatic heterocycles. The molecule has 1 aromatic carbocycles. The first kappa shape index (κ1) is 15.8. The van der Waals surface area contributed by atoms with Gasteiger partial charge < -0.3 is 15.4 Å². The molecule has 1 fully saturated rings.